The van der Waals surface area contributed by atoms with Crippen molar-refractivity contribution in [1.29, 1.82) is 0 Å². The summed E-state index contributed by atoms with van der Waals surface area (Å²) in [4.78, 5) is 12.9. The van der Waals surface area contributed by atoms with Gasteiger partial charge in [-0.05, 0) is 38.2 Å². The number of ketones is 1. The van der Waals surface area contributed by atoms with E-state index in [1.165, 1.54) is 0 Å². The van der Waals surface area contributed by atoms with E-state index >= 15 is 0 Å². The van der Waals surface area contributed by atoms with Crippen LogP contribution >= 0.6 is 0 Å². The lowest BCUT2D eigenvalue weighted by atomic mass is 9.69. The molecule has 0 aromatic rings. The van der Waals surface area contributed by atoms with Crippen LogP contribution in [0.3, 0.4) is 0 Å². The van der Waals surface area contributed by atoms with E-state index in [-0.39, 0.29) is 11.2 Å². The molecule has 4 nitrogen and oxygen atoms in total. The summed E-state index contributed by atoms with van der Waals surface area (Å²) in [5.41, 5.74) is 0.762. The van der Waals surface area contributed by atoms with E-state index in [2.05, 4.69) is 13.2 Å². The van der Waals surface area contributed by atoms with Crippen LogP contribution in [0.25, 0.3) is 0 Å². The number of rotatable bonds is 4. The molecule has 0 amide bonds. The van der Waals surface area contributed by atoms with E-state index in [1.54, 1.807) is 6.92 Å². The third-order valence-electron chi connectivity index (χ3n) is 5.98. The Morgan fingerprint density at radius 2 is 2.00 bits per heavy atom. The fourth-order valence-electron chi connectivity index (χ4n) is 4.30. The van der Waals surface area contributed by atoms with Crippen LogP contribution in [0.2, 0.25) is 0 Å². The minimum atomic E-state index is -1.24. The molecule has 4 unspecified atom stereocenters. The fourth-order valence-corrected chi connectivity index (χ4v) is 4.30. The van der Waals surface area contributed by atoms with Gasteiger partial charge < -0.3 is 15.3 Å². The van der Waals surface area contributed by atoms with Crippen molar-refractivity contribution in [2.45, 2.75) is 44.8 Å². The first-order valence-corrected chi connectivity index (χ1v) is 7.90. The van der Waals surface area contributed by atoms with Gasteiger partial charge in [0.05, 0.1) is 24.2 Å². The van der Waals surface area contributed by atoms with Gasteiger partial charge in [-0.3, -0.25) is 4.79 Å². The zero-order valence-corrected chi connectivity index (χ0v) is 13.0. The largest absolute Gasteiger partial charge is 0.395 e. The van der Waals surface area contributed by atoms with Crippen LogP contribution in [0, 0.1) is 16.7 Å². The third kappa shape index (κ3) is 1.72. The summed E-state index contributed by atoms with van der Waals surface area (Å²) in [6.07, 6.45) is 3.04. The highest BCUT2D eigenvalue weighted by Gasteiger charge is 2.64. The summed E-state index contributed by atoms with van der Waals surface area (Å²) < 4.78 is 0. The molecule has 3 rings (SSSR count). The van der Waals surface area contributed by atoms with Crippen molar-refractivity contribution >= 4 is 5.78 Å². The maximum absolute atomic E-state index is 12.9. The lowest BCUT2D eigenvalue weighted by Gasteiger charge is -2.38. The number of aliphatic hydroxyl groups is 3. The van der Waals surface area contributed by atoms with Crippen LogP contribution in [0.15, 0.2) is 36.0 Å². The standard InChI is InChI=1S/C18H24O4/c1-4-5-6-11-12-13(14(20)10(2)18(11)7-8-18)16(22)17(3,9-19)15(12)21/h4,13-14,16,19-20,22H,1-2,5-9H2,3H3. The summed E-state index contributed by atoms with van der Waals surface area (Å²) >= 11 is 0. The molecular weight excluding hydrogens is 280 g/mol. The van der Waals surface area contributed by atoms with Gasteiger partial charge in [0.1, 0.15) is 0 Å². The predicted octanol–water partition coefficient (Wildman–Crippen LogP) is 1.52. The maximum atomic E-state index is 12.9. The van der Waals surface area contributed by atoms with Crippen molar-refractivity contribution in [2.75, 3.05) is 6.61 Å². The SMILES string of the molecule is C=CCCC1=C2C(=O)C(C)(CO)C(O)C2C(O)C(=C)C12CC2. The highest BCUT2D eigenvalue weighted by Crippen LogP contribution is 2.66. The van der Waals surface area contributed by atoms with Gasteiger partial charge in [0.2, 0.25) is 0 Å². The summed E-state index contributed by atoms with van der Waals surface area (Å²) in [6.45, 7) is 8.96. The van der Waals surface area contributed by atoms with E-state index in [0.717, 1.165) is 24.8 Å². The molecule has 0 heterocycles. The Labute approximate surface area is 130 Å². The molecule has 0 aromatic heterocycles. The Morgan fingerprint density at radius 3 is 2.50 bits per heavy atom. The van der Waals surface area contributed by atoms with Crippen LogP contribution in [0.4, 0.5) is 0 Å². The van der Waals surface area contributed by atoms with Crippen molar-refractivity contribution < 1.29 is 20.1 Å². The average Bonchev–Trinajstić information content (AvgIpc) is 3.27. The number of allylic oxidation sites excluding steroid dienone is 2. The Hall–Kier alpha value is -1.23. The van der Waals surface area contributed by atoms with Crippen LogP contribution in [-0.2, 0) is 4.79 Å². The zero-order chi connectivity index (χ0) is 16.3. The Morgan fingerprint density at radius 1 is 1.36 bits per heavy atom. The Bertz CT molecular complexity index is 584. The van der Waals surface area contributed by atoms with E-state index in [1.807, 2.05) is 6.08 Å². The van der Waals surface area contributed by atoms with Gasteiger partial charge in [-0.2, -0.15) is 0 Å². The van der Waals surface area contributed by atoms with Gasteiger partial charge >= 0.3 is 0 Å². The van der Waals surface area contributed by atoms with Crippen molar-refractivity contribution in [2.24, 2.45) is 16.7 Å². The summed E-state index contributed by atoms with van der Waals surface area (Å²) in [7, 11) is 0. The third-order valence-corrected chi connectivity index (χ3v) is 5.98. The summed E-state index contributed by atoms with van der Waals surface area (Å²) in [6, 6.07) is 0. The van der Waals surface area contributed by atoms with E-state index < -0.39 is 30.1 Å². The number of hydrogen-bond acceptors (Lipinski definition) is 4. The molecule has 0 aromatic carbocycles. The highest BCUT2D eigenvalue weighted by molar-refractivity contribution is 6.05. The molecule has 3 aliphatic carbocycles. The molecule has 0 saturated heterocycles. The Kier molecular flexibility index (Phi) is 3.47. The molecule has 2 fully saturated rings. The summed E-state index contributed by atoms with van der Waals surface area (Å²) in [5.74, 6) is -0.882. The molecule has 22 heavy (non-hydrogen) atoms. The molecule has 3 N–H and O–H groups in total. The first-order valence-electron chi connectivity index (χ1n) is 7.90. The molecule has 0 radical (unpaired) electrons. The van der Waals surface area contributed by atoms with E-state index in [4.69, 9.17) is 0 Å². The van der Waals surface area contributed by atoms with Crippen molar-refractivity contribution in [3.8, 4) is 0 Å². The first-order chi connectivity index (χ1) is 10.3. The quantitative estimate of drug-likeness (QED) is 0.688. The van der Waals surface area contributed by atoms with Gasteiger partial charge in [0, 0.05) is 16.9 Å². The molecule has 1 spiro atoms. The number of hydrogen-bond donors (Lipinski definition) is 3. The van der Waals surface area contributed by atoms with Crippen LogP contribution < -0.4 is 0 Å². The van der Waals surface area contributed by atoms with Gasteiger partial charge in [0.25, 0.3) is 0 Å². The van der Waals surface area contributed by atoms with Crippen molar-refractivity contribution in [1.82, 2.24) is 0 Å². The van der Waals surface area contributed by atoms with Gasteiger partial charge in [-0.15, -0.1) is 6.58 Å². The lowest BCUT2D eigenvalue weighted by molar-refractivity contribution is -0.129. The normalized spacial score (nSPS) is 39.4. The number of carbonyl (C=O) groups is 1. The summed E-state index contributed by atoms with van der Waals surface area (Å²) in [5, 5.41) is 30.9. The first kappa shape index (κ1) is 15.7. The average molecular weight is 304 g/mol. The molecule has 120 valence electrons. The molecule has 0 bridgehead atoms. The van der Waals surface area contributed by atoms with Crippen molar-refractivity contribution in [3.63, 3.8) is 0 Å². The Balaban J connectivity index is 2.19. The minimum Gasteiger partial charge on any atom is -0.395 e. The maximum Gasteiger partial charge on any atom is 0.170 e. The second kappa shape index (κ2) is 4.88. The number of Topliss-reactive ketones (excluding diaryl/α,β-unsaturated/α-hetero) is 1. The topological polar surface area (TPSA) is 77.8 Å². The molecule has 0 aliphatic heterocycles. The molecule has 4 heteroatoms. The van der Waals surface area contributed by atoms with Gasteiger partial charge in [0.15, 0.2) is 5.78 Å². The smallest absolute Gasteiger partial charge is 0.170 e. The van der Waals surface area contributed by atoms with Crippen LogP contribution in [-0.4, -0.2) is 39.9 Å². The van der Waals surface area contributed by atoms with Crippen molar-refractivity contribution in [3.05, 3.63) is 36.0 Å². The molecular formula is C18H24O4. The van der Waals surface area contributed by atoms with Crippen LogP contribution in [0.1, 0.15) is 32.6 Å². The number of fused-ring (bicyclic) bond motifs is 1. The van der Waals surface area contributed by atoms with Crippen LogP contribution in [0.5, 0.6) is 0 Å². The van der Waals surface area contributed by atoms with Gasteiger partial charge in [-0.25, -0.2) is 0 Å². The molecule has 3 aliphatic rings. The van der Waals surface area contributed by atoms with E-state index in [0.29, 0.717) is 17.6 Å². The highest BCUT2D eigenvalue weighted by atomic mass is 16.3. The fraction of sp³-hybridized carbons (Fsp3) is 0.611. The molecule has 2 saturated carbocycles. The second-order valence-corrected chi connectivity index (χ2v) is 7.15. The van der Waals surface area contributed by atoms with Gasteiger partial charge in [-0.1, -0.05) is 18.2 Å². The monoisotopic (exact) mass is 304 g/mol. The molecule has 4 atom stereocenters. The second-order valence-electron chi connectivity index (χ2n) is 7.15. The number of carbonyl (C=O) groups excluding carboxylic acids is 1. The number of aliphatic hydroxyl groups excluding tert-OH is 3. The minimum absolute atomic E-state index is 0.218. The lowest BCUT2D eigenvalue weighted by Crippen LogP contribution is -2.42. The zero-order valence-electron chi connectivity index (χ0n) is 13.0. The van der Waals surface area contributed by atoms with E-state index in [9.17, 15) is 20.1 Å². The predicted molar refractivity (Wildman–Crippen MR) is 83.0 cm³/mol.